The monoisotopic (exact) mass is 398 g/mol. The molecule has 1 atom stereocenters. The van der Waals surface area contributed by atoms with E-state index in [1.807, 2.05) is 97.1 Å². The van der Waals surface area contributed by atoms with Crippen molar-refractivity contribution in [2.24, 2.45) is 5.92 Å². The van der Waals surface area contributed by atoms with Crippen LogP contribution in [0, 0.1) is 17.8 Å². The molecule has 0 saturated heterocycles. The SMILES string of the molecule is OC(C#Cc1ccccc1)(c1ccccc1)C1C(c2ccccc2)=C1c1ccccc1. The van der Waals surface area contributed by atoms with Gasteiger partial charge in [0.1, 0.15) is 0 Å². The third kappa shape index (κ3) is 3.70. The van der Waals surface area contributed by atoms with Crippen molar-refractivity contribution in [1.29, 1.82) is 0 Å². The maximum atomic E-state index is 12.1. The van der Waals surface area contributed by atoms with Crippen LogP contribution in [0.2, 0.25) is 0 Å². The van der Waals surface area contributed by atoms with Crippen molar-refractivity contribution in [3.05, 3.63) is 144 Å². The Labute approximate surface area is 183 Å². The third-order valence-corrected chi connectivity index (χ3v) is 5.76. The van der Waals surface area contributed by atoms with Crippen molar-refractivity contribution in [3.63, 3.8) is 0 Å². The summed E-state index contributed by atoms with van der Waals surface area (Å²) < 4.78 is 0. The highest BCUT2D eigenvalue weighted by Gasteiger charge is 2.52. The van der Waals surface area contributed by atoms with E-state index in [1.54, 1.807) is 0 Å². The summed E-state index contributed by atoms with van der Waals surface area (Å²) in [5.74, 6) is 6.28. The fourth-order valence-electron chi connectivity index (χ4n) is 4.21. The molecule has 0 heterocycles. The lowest BCUT2D eigenvalue weighted by Gasteiger charge is -2.25. The molecule has 1 unspecified atom stereocenters. The minimum absolute atomic E-state index is 0.198. The Balaban J connectivity index is 1.65. The second kappa shape index (κ2) is 8.11. The predicted octanol–water partition coefficient (Wildman–Crippen LogP) is 6.17. The Morgan fingerprint density at radius 1 is 0.548 bits per heavy atom. The summed E-state index contributed by atoms with van der Waals surface area (Å²) in [4.78, 5) is 0. The predicted molar refractivity (Wildman–Crippen MR) is 127 cm³/mol. The summed E-state index contributed by atoms with van der Waals surface area (Å²) >= 11 is 0. The number of hydrogen-bond donors (Lipinski definition) is 1. The topological polar surface area (TPSA) is 20.2 Å². The zero-order valence-corrected chi connectivity index (χ0v) is 17.1. The molecular weight excluding hydrogens is 376 g/mol. The van der Waals surface area contributed by atoms with Crippen molar-refractivity contribution >= 4 is 11.1 Å². The highest BCUT2D eigenvalue weighted by molar-refractivity contribution is 6.12. The van der Waals surface area contributed by atoms with Gasteiger partial charge in [-0.1, -0.05) is 121 Å². The van der Waals surface area contributed by atoms with E-state index in [-0.39, 0.29) is 5.92 Å². The van der Waals surface area contributed by atoms with Gasteiger partial charge in [-0.05, 0) is 40.0 Å². The molecule has 31 heavy (non-hydrogen) atoms. The first-order valence-corrected chi connectivity index (χ1v) is 10.5. The maximum absolute atomic E-state index is 12.1. The van der Waals surface area contributed by atoms with Gasteiger partial charge in [-0.3, -0.25) is 0 Å². The molecule has 1 aliphatic rings. The van der Waals surface area contributed by atoms with Gasteiger partial charge in [0.15, 0.2) is 5.60 Å². The Bertz CT molecular complexity index is 1210. The normalized spacial score (nSPS) is 15.0. The van der Waals surface area contributed by atoms with Crippen LogP contribution >= 0.6 is 0 Å². The molecule has 1 heteroatoms. The van der Waals surface area contributed by atoms with Crippen LogP contribution in [-0.4, -0.2) is 5.11 Å². The summed E-state index contributed by atoms with van der Waals surface area (Å²) in [5, 5.41) is 12.1. The molecular formula is C30H22O. The number of aliphatic hydroxyl groups is 1. The summed E-state index contributed by atoms with van der Waals surface area (Å²) in [6.07, 6.45) is 0. The molecule has 5 rings (SSSR count). The standard InChI is InChI=1S/C30H22O/c31-30(26-19-11-4-12-20-26,22-21-23-13-5-1-6-14-23)29-27(24-15-7-2-8-16-24)28(29)25-17-9-3-10-18-25/h1-20,29,31H. The Morgan fingerprint density at radius 3 is 1.45 bits per heavy atom. The van der Waals surface area contributed by atoms with Gasteiger partial charge in [-0.15, -0.1) is 0 Å². The third-order valence-electron chi connectivity index (χ3n) is 5.76. The first-order chi connectivity index (χ1) is 15.3. The zero-order chi connectivity index (χ0) is 21.1. The lowest BCUT2D eigenvalue weighted by Crippen LogP contribution is -2.28. The van der Waals surface area contributed by atoms with E-state index in [1.165, 1.54) is 0 Å². The minimum atomic E-state index is -1.33. The summed E-state index contributed by atoms with van der Waals surface area (Å²) in [6.45, 7) is 0. The van der Waals surface area contributed by atoms with Crippen LogP contribution in [0.15, 0.2) is 121 Å². The number of benzene rings is 4. The Morgan fingerprint density at radius 2 is 0.968 bits per heavy atom. The van der Waals surface area contributed by atoms with Gasteiger partial charge < -0.3 is 5.11 Å². The Kier molecular flexibility index (Phi) is 5.00. The quantitative estimate of drug-likeness (QED) is 0.408. The van der Waals surface area contributed by atoms with Gasteiger partial charge in [0, 0.05) is 5.56 Å². The van der Waals surface area contributed by atoms with Gasteiger partial charge >= 0.3 is 0 Å². The van der Waals surface area contributed by atoms with Crippen LogP contribution in [0.1, 0.15) is 22.3 Å². The maximum Gasteiger partial charge on any atom is 0.162 e. The molecule has 4 aromatic rings. The second-order valence-electron chi connectivity index (χ2n) is 7.74. The molecule has 0 aromatic heterocycles. The highest BCUT2D eigenvalue weighted by atomic mass is 16.3. The smallest absolute Gasteiger partial charge is 0.162 e. The molecule has 0 saturated carbocycles. The van der Waals surface area contributed by atoms with Crippen LogP contribution in [0.3, 0.4) is 0 Å². The molecule has 0 bridgehead atoms. The minimum Gasteiger partial charge on any atom is -0.372 e. The van der Waals surface area contributed by atoms with Gasteiger partial charge in [-0.2, -0.15) is 0 Å². The van der Waals surface area contributed by atoms with Crippen LogP contribution in [0.25, 0.3) is 11.1 Å². The first-order valence-electron chi connectivity index (χ1n) is 10.5. The highest BCUT2D eigenvalue weighted by Crippen LogP contribution is 2.60. The zero-order valence-electron chi connectivity index (χ0n) is 17.1. The Hall–Kier alpha value is -3.86. The van der Waals surface area contributed by atoms with E-state index in [0.717, 1.165) is 33.4 Å². The average molecular weight is 399 g/mol. The fourth-order valence-corrected chi connectivity index (χ4v) is 4.21. The van der Waals surface area contributed by atoms with Crippen LogP contribution in [0.5, 0.6) is 0 Å². The van der Waals surface area contributed by atoms with Crippen molar-refractivity contribution in [3.8, 4) is 11.8 Å². The molecule has 0 spiro atoms. The number of hydrogen-bond acceptors (Lipinski definition) is 1. The van der Waals surface area contributed by atoms with Crippen molar-refractivity contribution in [1.82, 2.24) is 0 Å². The van der Waals surface area contributed by atoms with Crippen molar-refractivity contribution in [2.75, 3.05) is 0 Å². The van der Waals surface area contributed by atoms with Crippen LogP contribution < -0.4 is 0 Å². The molecule has 148 valence electrons. The molecule has 0 radical (unpaired) electrons. The van der Waals surface area contributed by atoms with Crippen LogP contribution in [-0.2, 0) is 5.60 Å². The molecule has 4 aromatic carbocycles. The van der Waals surface area contributed by atoms with E-state index in [0.29, 0.717) is 0 Å². The van der Waals surface area contributed by atoms with Gasteiger partial charge in [0.05, 0.1) is 5.92 Å². The molecule has 1 nitrogen and oxygen atoms in total. The molecule has 0 aliphatic heterocycles. The van der Waals surface area contributed by atoms with E-state index >= 15 is 0 Å². The van der Waals surface area contributed by atoms with Gasteiger partial charge in [-0.25, -0.2) is 0 Å². The lowest BCUT2D eigenvalue weighted by atomic mass is 9.84. The van der Waals surface area contributed by atoms with Gasteiger partial charge in [0.2, 0.25) is 0 Å². The summed E-state index contributed by atoms with van der Waals surface area (Å²) in [6, 6.07) is 40.2. The average Bonchev–Trinajstić information content (AvgIpc) is 3.61. The van der Waals surface area contributed by atoms with Crippen molar-refractivity contribution in [2.45, 2.75) is 5.60 Å². The number of rotatable bonds is 4. The van der Waals surface area contributed by atoms with E-state index in [4.69, 9.17) is 0 Å². The van der Waals surface area contributed by atoms with Crippen molar-refractivity contribution < 1.29 is 5.11 Å². The second-order valence-corrected chi connectivity index (χ2v) is 7.74. The van der Waals surface area contributed by atoms with E-state index < -0.39 is 5.60 Å². The molecule has 1 aliphatic carbocycles. The fraction of sp³-hybridized carbons (Fsp3) is 0.0667. The van der Waals surface area contributed by atoms with E-state index in [9.17, 15) is 5.11 Å². The van der Waals surface area contributed by atoms with Gasteiger partial charge in [0.25, 0.3) is 0 Å². The summed E-state index contributed by atoms with van der Waals surface area (Å²) in [5.41, 5.74) is 4.93. The van der Waals surface area contributed by atoms with Crippen LogP contribution in [0.4, 0.5) is 0 Å². The summed E-state index contributed by atoms with van der Waals surface area (Å²) in [7, 11) is 0. The molecule has 0 amide bonds. The molecule has 1 N–H and O–H groups in total. The molecule has 0 fully saturated rings. The largest absolute Gasteiger partial charge is 0.372 e. The lowest BCUT2D eigenvalue weighted by molar-refractivity contribution is 0.0889. The van der Waals surface area contributed by atoms with E-state index in [2.05, 4.69) is 36.1 Å². The first kappa shape index (κ1) is 19.1.